The van der Waals surface area contributed by atoms with E-state index in [2.05, 4.69) is 4.72 Å². The van der Waals surface area contributed by atoms with Gasteiger partial charge < -0.3 is 5.73 Å². The molecule has 2 aliphatic rings. The molecule has 0 saturated heterocycles. The van der Waals surface area contributed by atoms with Crippen LogP contribution in [-0.4, -0.2) is 15.0 Å². The van der Waals surface area contributed by atoms with Crippen LogP contribution in [0, 0.1) is 25.2 Å². The average Bonchev–Trinajstić information content (AvgIpc) is 3.25. The molecule has 0 amide bonds. The van der Waals surface area contributed by atoms with Gasteiger partial charge in [0.05, 0.1) is 4.90 Å². The van der Waals surface area contributed by atoms with Crippen LogP contribution in [0.1, 0.15) is 36.8 Å². The molecule has 2 aliphatic carbocycles. The normalized spacial score (nSPS) is 20.9. The number of nitrogens with two attached hydrogens (primary N) is 1. The minimum Gasteiger partial charge on any atom is -0.398 e. The number of sulfonamides is 1. The first kappa shape index (κ1) is 13.9. The second kappa shape index (κ2) is 4.46. The van der Waals surface area contributed by atoms with Crippen molar-refractivity contribution in [2.45, 2.75) is 44.4 Å². The first-order valence-electron chi connectivity index (χ1n) is 7.21. The van der Waals surface area contributed by atoms with Crippen LogP contribution < -0.4 is 10.5 Å². The highest BCUT2D eigenvalue weighted by Gasteiger charge is 2.53. The van der Waals surface area contributed by atoms with Gasteiger partial charge in [0.1, 0.15) is 0 Å². The molecule has 0 bridgehead atoms. The molecule has 5 heteroatoms. The average molecular weight is 294 g/mol. The Kier molecular flexibility index (Phi) is 3.10. The first-order chi connectivity index (χ1) is 9.36. The number of aryl methyl sites for hydroxylation is 1. The predicted octanol–water partition coefficient (Wildman–Crippen LogP) is 2.35. The second-order valence-electron chi connectivity index (χ2n) is 6.39. The summed E-state index contributed by atoms with van der Waals surface area (Å²) in [5.41, 5.74) is 8.03. The van der Waals surface area contributed by atoms with Crippen LogP contribution in [-0.2, 0) is 10.0 Å². The molecule has 0 heterocycles. The van der Waals surface area contributed by atoms with E-state index in [9.17, 15) is 8.42 Å². The van der Waals surface area contributed by atoms with Crippen LogP contribution in [0.4, 0.5) is 5.69 Å². The van der Waals surface area contributed by atoms with E-state index >= 15 is 0 Å². The Balaban J connectivity index is 1.83. The summed E-state index contributed by atoms with van der Waals surface area (Å²) in [6.07, 6.45) is 4.85. The Morgan fingerprint density at radius 2 is 1.95 bits per heavy atom. The maximum atomic E-state index is 12.6. The summed E-state index contributed by atoms with van der Waals surface area (Å²) in [5, 5.41) is 0. The molecular formula is C15H22N2O2S. The van der Waals surface area contributed by atoms with Crippen LogP contribution in [0.15, 0.2) is 17.0 Å². The largest absolute Gasteiger partial charge is 0.398 e. The smallest absolute Gasteiger partial charge is 0.241 e. The lowest BCUT2D eigenvalue weighted by atomic mass is 10.0. The second-order valence-corrected chi connectivity index (χ2v) is 8.09. The van der Waals surface area contributed by atoms with E-state index in [1.54, 1.807) is 19.1 Å². The van der Waals surface area contributed by atoms with Gasteiger partial charge in [0.15, 0.2) is 0 Å². The zero-order chi connectivity index (χ0) is 14.5. The van der Waals surface area contributed by atoms with Crippen molar-refractivity contribution < 1.29 is 8.42 Å². The predicted molar refractivity (Wildman–Crippen MR) is 79.9 cm³/mol. The lowest BCUT2D eigenvalue weighted by molar-refractivity contribution is 0.431. The van der Waals surface area contributed by atoms with Crippen molar-refractivity contribution in [2.24, 2.45) is 11.3 Å². The Hall–Kier alpha value is -1.07. The summed E-state index contributed by atoms with van der Waals surface area (Å²) >= 11 is 0. The Morgan fingerprint density at radius 1 is 1.30 bits per heavy atom. The van der Waals surface area contributed by atoms with Gasteiger partial charge in [0.25, 0.3) is 0 Å². The molecule has 0 unspecified atom stereocenters. The third-order valence-electron chi connectivity index (χ3n) is 4.86. The third-order valence-corrected chi connectivity index (χ3v) is 6.55. The Bertz CT molecular complexity index is 644. The Morgan fingerprint density at radius 3 is 2.50 bits per heavy atom. The van der Waals surface area contributed by atoms with Gasteiger partial charge in [-0.1, -0.05) is 6.07 Å². The first-order valence-corrected chi connectivity index (χ1v) is 8.69. The molecule has 0 radical (unpaired) electrons. The van der Waals surface area contributed by atoms with Gasteiger partial charge in [-0.2, -0.15) is 0 Å². The van der Waals surface area contributed by atoms with Crippen molar-refractivity contribution in [1.82, 2.24) is 4.72 Å². The Labute approximate surface area is 120 Å². The lowest BCUT2D eigenvalue weighted by Crippen LogP contribution is -2.32. The number of nitrogen functional groups attached to an aromatic ring is 1. The van der Waals surface area contributed by atoms with Gasteiger partial charge in [-0.05, 0) is 68.1 Å². The van der Waals surface area contributed by atoms with E-state index in [0.29, 0.717) is 22.7 Å². The van der Waals surface area contributed by atoms with Gasteiger partial charge in [0.2, 0.25) is 10.0 Å². The molecule has 1 aromatic carbocycles. The van der Waals surface area contributed by atoms with Gasteiger partial charge >= 0.3 is 0 Å². The van der Waals surface area contributed by atoms with Gasteiger partial charge in [-0.3, -0.25) is 0 Å². The zero-order valence-corrected chi connectivity index (χ0v) is 12.9. The quantitative estimate of drug-likeness (QED) is 0.819. The van der Waals surface area contributed by atoms with Gasteiger partial charge in [-0.25, -0.2) is 13.1 Å². The molecule has 4 nitrogen and oxygen atoms in total. The lowest BCUT2D eigenvalue weighted by Gasteiger charge is -2.18. The van der Waals surface area contributed by atoms with Crippen LogP contribution in [0.2, 0.25) is 0 Å². The fraction of sp³-hybridized carbons (Fsp3) is 0.600. The van der Waals surface area contributed by atoms with E-state index < -0.39 is 10.0 Å². The molecule has 3 rings (SSSR count). The van der Waals surface area contributed by atoms with Crippen LogP contribution in [0.3, 0.4) is 0 Å². The number of nitrogens with one attached hydrogen (secondary N) is 1. The van der Waals surface area contributed by atoms with Crippen molar-refractivity contribution in [2.75, 3.05) is 12.3 Å². The molecule has 0 spiro atoms. The maximum Gasteiger partial charge on any atom is 0.241 e. The van der Waals surface area contributed by atoms with Crippen molar-refractivity contribution in [3.8, 4) is 0 Å². The van der Waals surface area contributed by atoms with Crippen LogP contribution >= 0.6 is 0 Å². The summed E-state index contributed by atoms with van der Waals surface area (Å²) in [6.45, 7) is 4.16. The third kappa shape index (κ3) is 2.33. The van der Waals surface area contributed by atoms with E-state index in [-0.39, 0.29) is 5.41 Å². The highest BCUT2D eigenvalue weighted by molar-refractivity contribution is 7.89. The number of hydrogen-bond acceptors (Lipinski definition) is 3. The van der Waals surface area contributed by atoms with E-state index in [0.717, 1.165) is 24.3 Å². The number of anilines is 1. The molecule has 110 valence electrons. The van der Waals surface area contributed by atoms with E-state index in [4.69, 9.17) is 5.73 Å². The molecular weight excluding hydrogens is 272 g/mol. The summed E-state index contributed by atoms with van der Waals surface area (Å²) in [6, 6.07) is 3.53. The fourth-order valence-corrected chi connectivity index (χ4v) is 4.79. The van der Waals surface area contributed by atoms with Crippen molar-refractivity contribution in [3.63, 3.8) is 0 Å². The molecule has 1 aromatic rings. The standard InChI is InChI=1S/C15H22N2O2S/c1-10-3-6-13(16)11(2)14(10)20(18,19)17-9-15(7-8-15)12-4-5-12/h3,6,12,17H,4-5,7-9,16H2,1-2H3. The van der Waals surface area contributed by atoms with Crippen molar-refractivity contribution >= 4 is 15.7 Å². The van der Waals surface area contributed by atoms with Gasteiger partial charge in [0, 0.05) is 12.2 Å². The van der Waals surface area contributed by atoms with Crippen molar-refractivity contribution in [3.05, 3.63) is 23.3 Å². The molecule has 0 aliphatic heterocycles. The molecule has 3 N–H and O–H groups in total. The molecule has 0 aromatic heterocycles. The van der Waals surface area contributed by atoms with Crippen LogP contribution in [0.25, 0.3) is 0 Å². The maximum absolute atomic E-state index is 12.6. The monoisotopic (exact) mass is 294 g/mol. The highest BCUT2D eigenvalue weighted by atomic mass is 32.2. The number of benzene rings is 1. The summed E-state index contributed by atoms with van der Waals surface area (Å²) in [4.78, 5) is 0.351. The molecule has 20 heavy (non-hydrogen) atoms. The molecule has 2 fully saturated rings. The topological polar surface area (TPSA) is 72.2 Å². The highest BCUT2D eigenvalue weighted by Crippen LogP contribution is 2.60. The van der Waals surface area contributed by atoms with Crippen LogP contribution in [0.5, 0.6) is 0 Å². The molecule has 2 saturated carbocycles. The SMILES string of the molecule is Cc1ccc(N)c(C)c1S(=O)(=O)NCC1(C2CC2)CC1. The zero-order valence-electron chi connectivity index (χ0n) is 12.1. The number of hydrogen-bond donors (Lipinski definition) is 2. The van der Waals surface area contributed by atoms with Gasteiger partial charge in [-0.15, -0.1) is 0 Å². The summed E-state index contributed by atoms with van der Waals surface area (Å²) in [5.74, 6) is 0.744. The molecule has 0 atom stereocenters. The minimum absolute atomic E-state index is 0.259. The minimum atomic E-state index is -3.47. The number of rotatable bonds is 5. The van der Waals surface area contributed by atoms with E-state index in [1.165, 1.54) is 12.8 Å². The summed E-state index contributed by atoms with van der Waals surface area (Å²) in [7, 11) is -3.47. The van der Waals surface area contributed by atoms with Crippen molar-refractivity contribution in [1.29, 1.82) is 0 Å². The van der Waals surface area contributed by atoms with E-state index in [1.807, 2.05) is 6.92 Å². The summed E-state index contributed by atoms with van der Waals surface area (Å²) < 4.78 is 28.0. The fourth-order valence-electron chi connectivity index (χ4n) is 3.15.